The molecule has 0 amide bonds. The van der Waals surface area contributed by atoms with Gasteiger partial charge in [0.05, 0.1) is 6.04 Å². The summed E-state index contributed by atoms with van der Waals surface area (Å²) >= 11 is 0. The third-order valence-corrected chi connectivity index (χ3v) is 1.59. The average molecular weight is 169 g/mol. The zero-order chi connectivity index (χ0) is 9.14. The zero-order valence-corrected chi connectivity index (χ0v) is 7.74. The molecule has 0 aliphatic heterocycles. The second-order valence-corrected chi connectivity index (χ2v) is 3.42. The normalized spacial score (nSPS) is 13.8. The van der Waals surface area contributed by atoms with Gasteiger partial charge in [-0.05, 0) is 19.3 Å². The lowest BCUT2D eigenvalue weighted by Crippen LogP contribution is -2.13. The van der Waals surface area contributed by atoms with E-state index in [1.54, 1.807) is 6.92 Å². The Morgan fingerprint density at radius 2 is 2.17 bits per heavy atom. The number of nitrogens with two attached hydrogens (primary N) is 1. The third-order valence-electron chi connectivity index (χ3n) is 1.59. The van der Waals surface area contributed by atoms with E-state index < -0.39 is 0 Å². The lowest BCUT2D eigenvalue weighted by atomic mass is 10.0. The maximum absolute atomic E-state index is 5.81. The van der Waals surface area contributed by atoms with E-state index in [2.05, 4.69) is 24.0 Å². The van der Waals surface area contributed by atoms with Crippen molar-refractivity contribution in [1.29, 1.82) is 0 Å². The molecule has 0 radical (unpaired) electrons. The third kappa shape index (κ3) is 2.30. The van der Waals surface area contributed by atoms with Gasteiger partial charge in [-0.2, -0.15) is 4.98 Å². The van der Waals surface area contributed by atoms with E-state index in [-0.39, 0.29) is 6.04 Å². The van der Waals surface area contributed by atoms with E-state index in [1.165, 1.54) is 0 Å². The molecule has 1 aromatic rings. The van der Waals surface area contributed by atoms with Crippen LogP contribution in [0.5, 0.6) is 0 Å². The predicted molar refractivity (Wildman–Crippen MR) is 45.4 cm³/mol. The van der Waals surface area contributed by atoms with Gasteiger partial charge < -0.3 is 10.3 Å². The minimum absolute atomic E-state index is 0.119. The van der Waals surface area contributed by atoms with Gasteiger partial charge in [-0.15, -0.1) is 0 Å². The van der Waals surface area contributed by atoms with Crippen molar-refractivity contribution >= 4 is 0 Å². The number of hydrogen-bond donors (Lipinski definition) is 1. The van der Waals surface area contributed by atoms with Crippen LogP contribution in [-0.2, 0) is 0 Å². The molecule has 1 unspecified atom stereocenters. The highest BCUT2D eigenvalue weighted by Crippen LogP contribution is 2.16. The van der Waals surface area contributed by atoms with Gasteiger partial charge in [0.15, 0.2) is 5.82 Å². The van der Waals surface area contributed by atoms with Gasteiger partial charge in [-0.1, -0.05) is 19.0 Å². The first-order valence-corrected chi connectivity index (χ1v) is 4.15. The summed E-state index contributed by atoms with van der Waals surface area (Å²) < 4.78 is 4.94. The van der Waals surface area contributed by atoms with E-state index in [1.807, 2.05) is 0 Å². The number of rotatable bonds is 3. The minimum atomic E-state index is -0.119. The van der Waals surface area contributed by atoms with E-state index >= 15 is 0 Å². The Balaban J connectivity index is 2.58. The van der Waals surface area contributed by atoms with Crippen molar-refractivity contribution in [3.63, 3.8) is 0 Å². The average Bonchev–Trinajstić information content (AvgIpc) is 2.34. The Bertz CT molecular complexity index is 244. The fourth-order valence-corrected chi connectivity index (χ4v) is 1.07. The minimum Gasteiger partial charge on any atom is -0.338 e. The first kappa shape index (κ1) is 9.19. The second kappa shape index (κ2) is 3.67. The van der Waals surface area contributed by atoms with Gasteiger partial charge in [0.25, 0.3) is 0 Å². The molecular formula is C8H15N3O. The lowest BCUT2D eigenvalue weighted by molar-refractivity contribution is 0.333. The van der Waals surface area contributed by atoms with Crippen LogP contribution in [0.1, 0.15) is 38.0 Å². The predicted octanol–water partition coefficient (Wildman–Crippen LogP) is 1.42. The van der Waals surface area contributed by atoms with Gasteiger partial charge in [0.1, 0.15) is 0 Å². The Morgan fingerprint density at radius 1 is 1.50 bits per heavy atom. The molecule has 0 aromatic carbocycles. The van der Waals surface area contributed by atoms with Crippen LogP contribution >= 0.6 is 0 Å². The molecule has 0 fully saturated rings. The molecule has 12 heavy (non-hydrogen) atoms. The molecule has 2 N–H and O–H groups in total. The van der Waals surface area contributed by atoms with E-state index in [9.17, 15) is 0 Å². The van der Waals surface area contributed by atoms with Crippen molar-refractivity contribution in [2.45, 2.75) is 33.2 Å². The Kier molecular flexibility index (Phi) is 2.81. The van der Waals surface area contributed by atoms with Crippen LogP contribution < -0.4 is 5.73 Å². The van der Waals surface area contributed by atoms with Crippen molar-refractivity contribution in [3.8, 4) is 0 Å². The summed E-state index contributed by atoms with van der Waals surface area (Å²) in [6.07, 6.45) is 0.877. The molecule has 4 nitrogen and oxygen atoms in total. The molecule has 0 aliphatic carbocycles. The molecule has 68 valence electrons. The highest BCUT2D eigenvalue weighted by atomic mass is 16.5. The summed E-state index contributed by atoms with van der Waals surface area (Å²) in [6, 6.07) is -0.119. The largest absolute Gasteiger partial charge is 0.338 e. The highest BCUT2D eigenvalue weighted by Gasteiger charge is 2.14. The monoisotopic (exact) mass is 169 g/mol. The van der Waals surface area contributed by atoms with Crippen molar-refractivity contribution in [2.75, 3.05) is 0 Å². The summed E-state index contributed by atoms with van der Waals surface area (Å²) in [5, 5.41) is 3.68. The molecular weight excluding hydrogens is 154 g/mol. The lowest BCUT2D eigenvalue weighted by Gasteiger charge is -2.08. The van der Waals surface area contributed by atoms with Crippen molar-refractivity contribution in [1.82, 2.24) is 10.1 Å². The molecule has 1 rings (SSSR count). The highest BCUT2D eigenvalue weighted by molar-refractivity contribution is 4.89. The summed E-state index contributed by atoms with van der Waals surface area (Å²) in [7, 11) is 0. The maximum Gasteiger partial charge on any atom is 0.243 e. The number of hydrogen-bond acceptors (Lipinski definition) is 4. The SMILES string of the molecule is Cc1noc(C(N)CC(C)C)n1. The van der Waals surface area contributed by atoms with Crippen LogP contribution in [0.3, 0.4) is 0 Å². The standard InChI is InChI=1S/C8H15N3O/c1-5(2)4-7(9)8-10-6(3)11-12-8/h5,7H,4,9H2,1-3H3. The fourth-order valence-electron chi connectivity index (χ4n) is 1.07. The summed E-state index contributed by atoms with van der Waals surface area (Å²) in [4.78, 5) is 4.06. The summed E-state index contributed by atoms with van der Waals surface area (Å²) in [6.45, 7) is 6.02. The summed E-state index contributed by atoms with van der Waals surface area (Å²) in [5.41, 5.74) is 5.81. The van der Waals surface area contributed by atoms with Crippen molar-refractivity contribution in [3.05, 3.63) is 11.7 Å². The molecule has 0 bridgehead atoms. The quantitative estimate of drug-likeness (QED) is 0.743. The van der Waals surface area contributed by atoms with Crippen LogP contribution in [0.25, 0.3) is 0 Å². The molecule has 4 heteroatoms. The van der Waals surface area contributed by atoms with Crippen molar-refractivity contribution < 1.29 is 4.52 Å². The molecule has 0 saturated heterocycles. The first-order chi connectivity index (χ1) is 5.59. The number of nitrogens with zero attached hydrogens (tertiary/aromatic N) is 2. The Labute approximate surface area is 72.1 Å². The zero-order valence-electron chi connectivity index (χ0n) is 7.74. The summed E-state index contributed by atoms with van der Waals surface area (Å²) in [5.74, 6) is 1.73. The van der Waals surface area contributed by atoms with E-state index in [0.717, 1.165) is 6.42 Å². The first-order valence-electron chi connectivity index (χ1n) is 4.15. The van der Waals surface area contributed by atoms with Crippen LogP contribution in [0.15, 0.2) is 4.52 Å². The topological polar surface area (TPSA) is 64.9 Å². The molecule has 0 aliphatic rings. The van der Waals surface area contributed by atoms with Crippen LogP contribution in [-0.4, -0.2) is 10.1 Å². The van der Waals surface area contributed by atoms with Crippen LogP contribution in [0, 0.1) is 12.8 Å². The van der Waals surface area contributed by atoms with E-state index in [4.69, 9.17) is 10.3 Å². The fraction of sp³-hybridized carbons (Fsp3) is 0.750. The Hall–Kier alpha value is -0.900. The van der Waals surface area contributed by atoms with Gasteiger partial charge >= 0.3 is 0 Å². The molecule has 1 aromatic heterocycles. The van der Waals surface area contributed by atoms with Crippen molar-refractivity contribution in [2.24, 2.45) is 11.7 Å². The number of aromatic nitrogens is 2. The molecule has 0 spiro atoms. The Morgan fingerprint density at radius 3 is 2.58 bits per heavy atom. The smallest absolute Gasteiger partial charge is 0.243 e. The van der Waals surface area contributed by atoms with Gasteiger partial charge in [0.2, 0.25) is 5.89 Å². The van der Waals surface area contributed by atoms with Gasteiger partial charge in [0, 0.05) is 0 Å². The van der Waals surface area contributed by atoms with Crippen LogP contribution in [0.2, 0.25) is 0 Å². The molecule has 1 heterocycles. The number of aryl methyl sites for hydroxylation is 1. The maximum atomic E-state index is 5.81. The molecule has 1 atom stereocenters. The van der Waals surface area contributed by atoms with Gasteiger partial charge in [-0.3, -0.25) is 0 Å². The second-order valence-electron chi connectivity index (χ2n) is 3.42. The van der Waals surface area contributed by atoms with Crippen LogP contribution in [0.4, 0.5) is 0 Å². The molecule has 0 saturated carbocycles. The van der Waals surface area contributed by atoms with E-state index in [0.29, 0.717) is 17.6 Å². The van der Waals surface area contributed by atoms with Gasteiger partial charge in [-0.25, -0.2) is 0 Å².